The quantitative estimate of drug-likeness (QED) is 0.358. The summed E-state index contributed by atoms with van der Waals surface area (Å²) in [6.07, 6.45) is -5.59. The number of hydrogen-bond donors (Lipinski definition) is 3. The predicted octanol–water partition coefficient (Wildman–Crippen LogP) is 3.87. The molecule has 224 valence electrons. The summed E-state index contributed by atoms with van der Waals surface area (Å²) in [5.74, 6) is -1.32. The van der Waals surface area contributed by atoms with Crippen molar-refractivity contribution in [2.24, 2.45) is 5.92 Å². The van der Waals surface area contributed by atoms with Gasteiger partial charge in [-0.3, -0.25) is 9.59 Å². The zero-order valence-electron chi connectivity index (χ0n) is 22.7. The lowest BCUT2D eigenvalue weighted by Gasteiger charge is -2.41. The van der Waals surface area contributed by atoms with Gasteiger partial charge in [0.15, 0.2) is 6.29 Å². The molecule has 2 heterocycles. The number of alkyl halides is 3. The molecule has 0 radical (unpaired) electrons. The Labute approximate surface area is 241 Å². The first-order chi connectivity index (χ1) is 19.6. The molecule has 3 N–H and O–H groups in total. The SMILES string of the molecule is CC1C(CSCCO)OC(c2ccc(CNC(=O)C3CCCN3C(=O)C(F)(F)F)cc2)OC1c1ccc(CO)cc1. The molecule has 5 atom stereocenters. The number of ether oxygens (including phenoxy) is 2. The van der Waals surface area contributed by atoms with Crippen LogP contribution in [-0.2, 0) is 32.2 Å². The van der Waals surface area contributed by atoms with Crippen molar-refractivity contribution in [3.05, 3.63) is 70.8 Å². The van der Waals surface area contributed by atoms with Crippen molar-refractivity contribution in [3.8, 4) is 0 Å². The number of carbonyl (C=O) groups is 2. The van der Waals surface area contributed by atoms with E-state index in [1.807, 2.05) is 36.4 Å². The molecule has 12 heteroatoms. The third-order valence-electron chi connectivity index (χ3n) is 7.42. The molecule has 2 fully saturated rings. The summed E-state index contributed by atoms with van der Waals surface area (Å²) in [6, 6.07) is 13.7. The van der Waals surface area contributed by atoms with Crippen LogP contribution in [0, 0.1) is 5.92 Å². The van der Waals surface area contributed by atoms with Gasteiger partial charge in [-0.15, -0.1) is 0 Å². The van der Waals surface area contributed by atoms with Crippen LogP contribution in [-0.4, -0.2) is 69.9 Å². The lowest BCUT2D eigenvalue weighted by atomic mass is 9.91. The van der Waals surface area contributed by atoms with Crippen LogP contribution >= 0.6 is 11.8 Å². The number of carbonyl (C=O) groups excluding carboxylic acids is 2. The smallest absolute Gasteiger partial charge is 0.396 e. The molecular weight excluding hydrogens is 561 g/mol. The highest BCUT2D eigenvalue weighted by atomic mass is 32.2. The van der Waals surface area contributed by atoms with Crippen molar-refractivity contribution in [3.63, 3.8) is 0 Å². The average molecular weight is 597 g/mol. The third kappa shape index (κ3) is 7.81. The Morgan fingerprint density at radius 2 is 1.68 bits per heavy atom. The monoisotopic (exact) mass is 596 g/mol. The summed E-state index contributed by atoms with van der Waals surface area (Å²) in [7, 11) is 0. The average Bonchev–Trinajstić information content (AvgIpc) is 3.46. The lowest BCUT2D eigenvalue weighted by molar-refractivity contribution is -0.268. The van der Waals surface area contributed by atoms with E-state index in [2.05, 4.69) is 12.2 Å². The molecule has 5 unspecified atom stereocenters. The van der Waals surface area contributed by atoms with Gasteiger partial charge in [0.1, 0.15) is 6.04 Å². The van der Waals surface area contributed by atoms with E-state index >= 15 is 0 Å². The first kappa shape index (κ1) is 31.3. The minimum Gasteiger partial charge on any atom is -0.396 e. The normalized spacial score (nSPS) is 24.8. The second kappa shape index (κ2) is 14.0. The zero-order valence-corrected chi connectivity index (χ0v) is 23.5. The minimum atomic E-state index is -5.02. The topological polar surface area (TPSA) is 108 Å². The number of aliphatic hydroxyl groups excluding tert-OH is 2. The van der Waals surface area contributed by atoms with Crippen LogP contribution in [0.25, 0.3) is 0 Å². The number of aliphatic hydroxyl groups is 2. The van der Waals surface area contributed by atoms with Crippen molar-refractivity contribution in [2.45, 2.75) is 63.6 Å². The molecule has 0 spiro atoms. The van der Waals surface area contributed by atoms with Crippen LogP contribution in [0.2, 0.25) is 0 Å². The van der Waals surface area contributed by atoms with Gasteiger partial charge >= 0.3 is 12.1 Å². The summed E-state index contributed by atoms with van der Waals surface area (Å²) < 4.78 is 51.4. The van der Waals surface area contributed by atoms with Gasteiger partial charge in [0, 0.05) is 36.1 Å². The number of nitrogens with one attached hydrogen (secondary N) is 1. The van der Waals surface area contributed by atoms with Gasteiger partial charge in [0.2, 0.25) is 5.91 Å². The fourth-order valence-electron chi connectivity index (χ4n) is 5.12. The lowest BCUT2D eigenvalue weighted by Crippen LogP contribution is -2.50. The third-order valence-corrected chi connectivity index (χ3v) is 8.45. The maximum Gasteiger partial charge on any atom is 0.471 e. The first-order valence-corrected chi connectivity index (χ1v) is 14.7. The van der Waals surface area contributed by atoms with Crippen molar-refractivity contribution < 1.29 is 42.4 Å². The van der Waals surface area contributed by atoms with Crippen molar-refractivity contribution in [2.75, 3.05) is 24.7 Å². The van der Waals surface area contributed by atoms with E-state index in [-0.39, 0.29) is 50.8 Å². The number of thioether (sulfide) groups is 1. The number of benzene rings is 2. The largest absolute Gasteiger partial charge is 0.471 e. The molecule has 41 heavy (non-hydrogen) atoms. The number of rotatable bonds is 10. The molecule has 2 saturated heterocycles. The standard InChI is InChI=1S/C29H35F3N2O6S/c1-18-24(17-41-14-13-35)39-27(40-25(18)21-8-6-20(16-36)7-9-21)22-10-4-19(5-11-22)15-33-26(37)23-3-2-12-34(23)28(38)29(30,31)32/h4-11,18,23-25,27,35-36H,2-3,12-17H2,1H3,(H,33,37). The van der Waals surface area contributed by atoms with Crippen molar-refractivity contribution in [1.82, 2.24) is 10.2 Å². The van der Waals surface area contributed by atoms with E-state index < -0.39 is 30.3 Å². The van der Waals surface area contributed by atoms with E-state index in [4.69, 9.17) is 9.47 Å². The summed E-state index contributed by atoms with van der Waals surface area (Å²) in [6.45, 7) is 2.08. The molecule has 0 aliphatic carbocycles. The molecule has 2 aliphatic rings. The van der Waals surface area contributed by atoms with Crippen LogP contribution in [0.15, 0.2) is 48.5 Å². The second-order valence-corrected chi connectivity index (χ2v) is 11.4. The van der Waals surface area contributed by atoms with E-state index in [0.29, 0.717) is 22.8 Å². The number of nitrogens with zero attached hydrogens (tertiary/aromatic N) is 1. The number of amides is 2. The van der Waals surface area contributed by atoms with Crippen molar-refractivity contribution >= 4 is 23.6 Å². The van der Waals surface area contributed by atoms with Gasteiger partial charge in [-0.2, -0.15) is 24.9 Å². The molecule has 2 aromatic rings. The second-order valence-electron chi connectivity index (χ2n) is 10.2. The van der Waals surface area contributed by atoms with E-state index in [1.54, 1.807) is 23.9 Å². The molecule has 4 rings (SSSR count). The molecule has 2 aromatic carbocycles. The Morgan fingerprint density at radius 3 is 2.32 bits per heavy atom. The van der Waals surface area contributed by atoms with Gasteiger partial charge in [-0.25, -0.2) is 0 Å². The minimum absolute atomic E-state index is 0.0197. The zero-order chi connectivity index (χ0) is 29.6. The molecule has 0 bridgehead atoms. The predicted molar refractivity (Wildman–Crippen MR) is 146 cm³/mol. The van der Waals surface area contributed by atoms with Crippen LogP contribution in [0.1, 0.15) is 54.4 Å². The number of likely N-dealkylation sites (tertiary alicyclic amines) is 1. The van der Waals surface area contributed by atoms with Crippen LogP contribution in [0.5, 0.6) is 0 Å². The van der Waals surface area contributed by atoms with E-state index in [1.165, 1.54) is 0 Å². The first-order valence-electron chi connectivity index (χ1n) is 13.6. The van der Waals surface area contributed by atoms with Gasteiger partial charge < -0.3 is 29.9 Å². The highest BCUT2D eigenvalue weighted by Crippen LogP contribution is 2.42. The number of hydrogen-bond acceptors (Lipinski definition) is 7. The molecule has 2 aliphatic heterocycles. The highest BCUT2D eigenvalue weighted by Gasteiger charge is 2.47. The Hall–Kier alpha value is -2.64. The molecular formula is C29H35F3N2O6S. The van der Waals surface area contributed by atoms with Crippen molar-refractivity contribution in [1.29, 1.82) is 0 Å². The maximum atomic E-state index is 12.9. The van der Waals surface area contributed by atoms with E-state index in [9.17, 15) is 33.0 Å². The number of halogens is 3. The Balaban J connectivity index is 1.42. The Bertz CT molecular complexity index is 1160. The summed E-state index contributed by atoms with van der Waals surface area (Å²) in [5, 5.41) is 21.3. The molecule has 0 aromatic heterocycles. The summed E-state index contributed by atoms with van der Waals surface area (Å²) in [5.41, 5.74) is 3.25. The van der Waals surface area contributed by atoms with Gasteiger partial charge in [0.05, 0.1) is 25.4 Å². The highest BCUT2D eigenvalue weighted by molar-refractivity contribution is 7.99. The Kier molecular flexibility index (Phi) is 10.7. The Morgan fingerprint density at radius 1 is 1.02 bits per heavy atom. The molecule has 2 amide bonds. The molecule has 0 saturated carbocycles. The van der Waals surface area contributed by atoms with Crippen LogP contribution in [0.3, 0.4) is 0 Å². The fourth-order valence-corrected chi connectivity index (χ4v) is 6.03. The fraction of sp³-hybridized carbons (Fsp3) is 0.517. The van der Waals surface area contributed by atoms with Crippen LogP contribution < -0.4 is 5.32 Å². The van der Waals surface area contributed by atoms with Crippen LogP contribution in [0.4, 0.5) is 13.2 Å². The maximum absolute atomic E-state index is 12.9. The van der Waals surface area contributed by atoms with Gasteiger partial charge in [-0.05, 0) is 29.5 Å². The summed E-state index contributed by atoms with van der Waals surface area (Å²) >= 11 is 1.60. The van der Waals surface area contributed by atoms with E-state index in [0.717, 1.165) is 22.3 Å². The molecule has 8 nitrogen and oxygen atoms in total. The van der Waals surface area contributed by atoms with Gasteiger partial charge in [0.25, 0.3) is 0 Å². The van der Waals surface area contributed by atoms with Gasteiger partial charge in [-0.1, -0.05) is 55.5 Å². The summed E-state index contributed by atoms with van der Waals surface area (Å²) in [4.78, 5) is 24.9.